The molecule has 0 aliphatic heterocycles. The van der Waals surface area contributed by atoms with E-state index in [-0.39, 0.29) is 11.9 Å². The van der Waals surface area contributed by atoms with Gasteiger partial charge in [0.25, 0.3) is 5.91 Å². The van der Waals surface area contributed by atoms with E-state index < -0.39 is 0 Å². The number of carbonyl (C=O) groups excluding carboxylic acids is 1. The largest absolute Gasteiger partial charge is 0.467 e. The Morgan fingerprint density at radius 3 is 2.92 bits per heavy atom. The van der Waals surface area contributed by atoms with Crippen molar-refractivity contribution in [1.82, 2.24) is 15.1 Å². The fourth-order valence-electron chi connectivity index (χ4n) is 2.64. The summed E-state index contributed by atoms with van der Waals surface area (Å²) in [5.74, 6) is 0.676. The highest BCUT2D eigenvalue weighted by molar-refractivity contribution is 7.20. The fraction of sp³-hybridized carbons (Fsp3) is 0.111. The summed E-state index contributed by atoms with van der Waals surface area (Å²) in [7, 11) is 0. The standard InChI is InChI=1S/C18H15N3O2S/c22-18(17-11-13-5-1-2-7-16(13)24-17)19-12-14(15-6-3-10-23-15)21-9-4-8-20-21/h1-11,14H,12H2,(H,19,22)/t14-/m1/s1. The van der Waals surface area contributed by atoms with Gasteiger partial charge in [0, 0.05) is 23.6 Å². The third-order valence-corrected chi connectivity index (χ3v) is 4.94. The highest BCUT2D eigenvalue weighted by Crippen LogP contribution is 2.25. The van der Waals surface area contributed by atoms with Gasteiger partial charge in [-0.15, -0.1) is 11.3 Å². The molecule has 0 aliphatic carbocycles. The van der Waals surface area contributed by atoms with Gasteiger partial charge in [-0.25, -0.2) is 0 Å². The molecule has 24 heavy (non-hydrogen) atoms. The summed E-state index contributed by atoms with van der Waals surface area (Å²) in [6, 6.07) is 15.3. The van der Waals surface area contributed by atoms with Crippen molar-refractivity contribution in [3.05, 3.63) is 77.8 Å². The van der Waals surface area contributed by atoms with Crippen LogP contribution in [0.5, 0.6) is 0 Å². The second kappa shape index (κ2) is 6.33. The number of rotatable bonds is 5. The molecule has 3 heterocycles. The lowest BCUT2D eigenvalue weighted by molar-refractivity contribution is 0.0952. The predicted molar refractivity (Wildman–Crippen MR) is 93.2 cm³/mol. The molecule has 1 atom stereocenters. The van der Waals surface area contributed by atoms with E-state index in [9.17, 15) is 4.79 Å². The average molecular weight is 337 g/mol. The number of hydrogen-bond acceptors (Lipinski definition) is 4. The van der Waals surface area contributed by atoms with Crippen LogP contribution in [0.25, 0.3) is 10.1 Å². The molecule has 0 aliphatic rings. The minimum absolute atomic E-state index is 0.0834. The lowest BCUT2D eigenvalue weighted by Crippen LogP contribution is -2.31. The summed E-state index contributed by atoms with van der Waals surface area (Å²) < 4.78 is 8.39. The molecular weight excluding hydrogens is 322 g/mol. The van der Waals surface area contributed by atoms with Crippen LogP contribution in [-0.2, 0) is 0 Å². The molecule has 0 radical (unpaired) electrons. The number of carbonyl (C=O) groups is 1. The topological polar surface area (TPSA) is 60.1 Å². The van der Waals surface area contributed by atoms with Crippen molar-refractivity contribution in [2.24, 2.45) is 0 Å². The molecular formula is C18H15N3O2S. The number of benzene rings is 1. The van der Waals surface area contributed by atoms with Gasteiger partial charge < -0.3 is 9.73 Å². The van der Waals surface area contributed by atoms with E-state index in [1.165, 1.54) is 11.3 Å². The Bertz CT molecular complexity index is 875. The van der Waals surface area contributed by atoms with E-state index in [1.807, 2.05) is 54.7 Å². The van der Waals surface area contributed by atoms with Gasteiger partial charge in [0.1, 0.15) is 11.8 Å². The molecule has 0 saturated heterocycles. The number of nitrogens with one attached hydrogen (secondary N) is 1. The van der Waals surface area contributed by atoms with Crippen molar-refractivity contribution in [3.8, 4) is 0 Å². The van der Waals surface area contributed by atoms with Gasteiger partial charge in [-0.3, -0.25) is 9.48 Å². The number of thiophene rings is 1. The number of amides is 1. The second-order valence-electron chi connectivity index (χ2n) is 5.38. The molecule has 3 aromatic heterocycles. The lowest BCUT2D eigenvalue weighted by atomic mass is 10.2. The van der Waals surface area contributed by atoms with Gasteiger partial charge >= 0.3 is 0 Å². The average Bonchev–Trinajstić information content (AvgIpc) is 3.35. The number of hydrogen-bond donors (Lipinski definition) is 1. The van der Waals surface area contributed by atoms with E-state index in [2.05, 4.69) is 10.4 Å². The van der Waals surface area contributed by atoms with Crippen molar-refractivity contribution in [3.63, 3.8) is 0 Å². The minimum Gasteiger partial charge on any atom is -0.467 e. The van der Waals surface area contributed by atoms with Gasteiger partial charge in [-0.2, -0.15) is 5.10 Å². The lowest BCUT2D eigenvalue weighted by Gasteiger charge is -2.15. The molecule has 1 aromatic carbocycles. The molecule has 4 aromatic rings. The number of nitrogens with zero attached hydrogens (tertiary/aromatic N) is 2. The summed E-state index contributed by atoms with van der Waals surface area (Å²) in [5, 5.41) is 8.34. The Hall–Kier alpha value is -2.86. The molecule has 1 N–H and O–H groups in total. The molecule has 120 valence electrons. The normalized spacial score (nSPS) is 12.3. The zero-order valence-electron chi connectivity index (χ0n) is 12.8. The molecule has 0 spiro atoms. The summed E-state index contributed by atoms with van der Waals surface area (Å²) in [6.07, 6.45) is 5.20. The fourth-order valence-corrected chi connectivity index (χ4v) is 3.62. The maximum Gasteiger partial charge on any atom is 0.261 e. The van der Waals surface area contributed by atoms with Gasteiger partial charge in [-0.1, -0.05) is 18.2 Å². The van der Waals surface area contributed by atoms with Gasteiger partial charge in [-0.05, 0) is 35.7 Å². The summed E-state index contributed by atoms with van der Waals surface area (Å²) in [4.78, 5) is 13.2. The van der Waals surface area contributed by atoms with Crippen molar-refractivity contribution in [2.45, 2.75) is 6.04 Å². The van der Waals surface area contributed by atoms with Crippen LogP contribution >= 0.6 is 11.3 Å². The van der Waals surface area contributed by atoms with Crippen LogP contribution in [0, 0.1) is 0 Å². The summed E-state index contributed by atoms with van der Waals surface area (Å²) >= 11 is 1.49. The molecule has 0 bridgehead atoms. The van der Waals surface area contributed by atoms with E-state index >= 15 is 0 Å². The first-order chi connectivity index (χ1) is 11.8. The number of fused-ring (bicyclic) bond motifs is 1. The number of aromatic nitrogens is 2. The maximum atomic E-state index is 12.5. The van der Waals surface area contributed by atoms with E-state index in [4.69, 9.17) is 4.42 Å². The zero-order chi connectivity index (χ0) is 16.4. The molecule has 4 rings (SSSR count). The third kappa shape index (κ3) is 2.83. The van der Waals surface area contributed by atoms with Gasteiger partial charge in [0.05, 0.1) is 11.1 Å². The van der Waals surface area contributed by atoms with Crippen LogP contribution in [0.4, 0.5) is 0 Å². The van der Waals surface area contributed by atoms with Crippen LogP contribution in [0.2, 0.25) is 0 Å². The van der Waals surface area contributed by atoms with Crippen LogP contribution in [0.3, 0.4) is 0 Å². The second-order valence-corrected chi connectivity index (χ2v) is 6.46. The highest BCUT2D eigenvalue weighted by Gasteiger charge is 2.19. The van der Waals surface area contributed by atoms with Crippen LogP contribution in [0.1, 0.15) is 21.5 Å². The number of furan rings is 1. The van der Waals surface area contributed by atoms with E-state index in [0.29, 0.717) is 11.4 Å². The Kier molecular flexibility index (Phi) is 3.88. The maximum absolute atomic E-state index is 12.5. The van der Waals surface area contributed by atoms with Crippen LogP contribution in [0.15, 0.2) is 71.6 Å². The van der Waals surface area contributed by atoms with Gasteiger partial charge in [0.2, 0.25) is 0 Å². The van der Waals surface area contributed by atoms with Gasteiger partial charge in [0.15, 0.2) is 0 Å². The monoisotopic (exact) mass is 337 g/mol. The van der Waals surface area contributed by atoms with Crippen molar-refractivity contribution >= 4 is 27.3 Å². The first kappa shape index (κ1) is 14.7. The van der Waals surface area contributed by atoms with E-state index in [0.717, 1.165) is 15.8 Å². The minimum atomic E-state index is -0.173. The predicted octanol–water partition coefficient (Wildman–Crippen LogP) is 3.71. The first-order valence-corrected chi connectivity index (χ1v) is 8.42. The smallest absolute Gasteiger partial charge is 0.261 e. The van der Waals surface area contributed by atoms with Crippen molar-refractivity contribution in [2.75, 3.05) is 6.54 Å². The van der Waals surface area contributed by atoms with Crippen molar-refractivity contribution < 1.29 is 9.21 Å². The van der Waals surface area contributed by atoms with E-state index in [1.54, 1.807) is 17.1 Å². The van der Waals surface area contributed by atoms with Crippen molar-refractivity contribution in [1.29, 1.82) is 0 Å². The Morgan fingerprint density at radius 1 is 1.25 bits per heavy atom. The summed E-state index contributed by atoms with van der Waals surface area (Å²) in [5.41, 5.74) is 0. The quantitative estimate of drug-likeness (QED) is 0.604. The molecule has 6 heteroatoms. The summed E-state index contributed by atoms with van der Waals surface area (Å²) in [6.45, 7) is 0.405. The van der Waals surface area contributed by atoms with Crippen LogP contribution < -0.4 is 5.32 Å². The molecule has 1 amide bonds. The third-order valence-electron chi connectivity index (χ3n) is 3.82. The highest BCUT2D eigenvalue weighted by atomic mass is 32.1. The molecule has 0 unspecified atom stereocenters. The van der Waals surface area contributed by atoms with Crippen LogP contribution in [-0.4, -0.2) is 22.2 Å². The first-order valence-electron chi connectivity index (χ1n) is 7.60. The Labute approximate surface area is 142 Å². The SMILES string of the molecule is O=C(NC[C@H](c1ccco1)n1cccn1)c1cc2ccccc2s1. The molecule has 5 nitrogen and oxygen atoms in total. The molecule has 0 fully saturated rings. The molecule has 0 saturated carbocycles. The Balaban J connectivity index is 1.52. The Morgan fingerprint density at radius 2 is 2.17 bits per heavy atom. The zero-order valence-corrected chi connectivity index (χ0v) is 13.6.